The minimum Gasteiger partial charge on any atom is -0.345 e. The van der Waals surface area contributed by atoms with Crippen LogP contribution >= 0.6 is 0 Å². The smallest absolute Gasteiger partial charge is 0.345 e. The molecule has 0 bridgehead atoms. The molecule has 1 rings (SSSR count). The Balaban J connectivity index is 2.65. The van der Waals surface area contributed by atoms with Crippen molar-refractivity contribution in [2.45, 2.75) is 19.0 Å². The number of carbonyl (C=O) groups excluding carboxylic acids is 1. The molecule has 5 heteroatoms. The number of carbonyl (C=O) groups is 1. The first kappa shape index (κ1) is 15.8. The van der Waals surface area contributed by atoms with E-state index in [0.29, 0.717) is 12.8 Å². The SMILES string of the molecule is C=CCCC(=O)NCC#Cc1ccccc1C(F)(F)F. The molecule has 0 fully saturated rings. The molecule has 1 amide bonds. The van der Waals surface area contributed by atoms with Crippen LogP contribution < -0.4 is 5.32 Å². The van der Waals surface area contributed by atoms with Crippen molar-refractivity contribution >= 4 is 5.91 Å². The zero-order valence-corrected chi connectivity index (χ0v) is 10.8. The molecule has 0 atom stereocenters. The third-order valence-corrected chi connectivity index (χ3v) is 2.40. The quantitative estimate of drug-likeness (QED) is 0.666. The van der Waals surface area contributed by atoms with E-state index in [1.807, 2.05) is 0 Å². The Labute approximate surface area is 115 Å². The first-order chi connectivity index (χ1) is 9.45. The molecule has 0 unspecified atom stereocenters. The standard InChI is InChI=1S/C15H14F3NO/c1-2-3-10-14(20)19-11-6-8-12-7-4-5-9-13(12)15(16,17)18/h2,4-5,7,9H,1,3,10-11H2,(H,19,20). The van der Waals surface area contributed by atoms with Gasteiger partial charge in [0, 0.05) is 12.0 Å². The molecule has 0 heterocycles. The summed E-state index contributed by atoms with van der Waals surface area (Å²) in [4.78, 5) is 11.2. The monoisotopic (exact) mass is 281 g/mol. The largest absolute Gasteiger partial charge is 0.417 e. The summed E-state index contributed by atoms with van der Waals surface area (Å²) >= 11 is 0. The van der Waals surface area contributed by atoms with E-state index in [1.165, 1.54) is 18.2 Å². The fourth-order valence-electron chi connectivity index (χ4n) is 1.44. The lowest BCUT2D eigenvalue weighted by molar-refractivity contribution is -0.137. The first-order valence-corrected chi connectivity index (χ1v) is 5.98. The predicted molar refractivity (Wildman–Crippen MR) is 70.8 cm³/mol. The van der Waals surface area contributed by atoms with Gasteiger partial charge in [0.2, 0.25) is 5.91 Å². The van der Waals surface area contributed by atoms with Crippen molar-refractivity contribution < 1.29 is 18.0 Å². The number of halogens is 3. The topological polar surface area (TPSA) is 29.1 Å². The Morgan fingerprint density at radius 2 is 2.05 bits per heavy atom. The summed E-state index contributed by atoms with van der Waals surface area (Å²) in [5.41, 5.74) is -0.870. The average molecular weight is 281 g/mol. The van der Waals surface area contributed by atoms with E-state index in [2.05, 4.69) is 23.7 Å². The van der Waals surface area contributed by atoms with Gasteiger partial charge in [0.25, 0.3) is 0 Å². The van der Waals surface area contributed by atoms with E-state index in [4.69, 9.17) is 0 Å². The highest BCUT2D eigenvalue weighted by Crippen LogP contribution is 2.31. The van der Waals surface area contributed by atoms with E-state index in [9.17, 15) is 18.0 Å². The number of alkyl halides is 3. The second-order valence-electron chi connectivity index (χ2n) is 3.95. The molecule has 106 valence electrons. The Kier molecular flexibility index (Phi) is 5.85. The minimum absolute atomic E-state index is 0.0160. The van der Waals surface area contributed by atoms with Crippen LogP contribution in [0.3, 0.4) is 0 Å². The molecule has 0 aromatic heterocycles. The van der Waals surface area contributed by atoms with Gasteiger partial charge in [-0.3, -0.25) is 4.79 Å². The van der Waals surface area contributed by atoms with Crippen LogP contribution in [0.1, 0.15) is 24.0 Å². The second-order valence-corrected chi connectivity index (χ2v) is 3.95. The molecule has 20 heavy (non-hydrogen) atoms. The van der Waals surface area contributed by atoms with Crippen molar-refractivity contribution in [2.75, 3.05) is 6.54 Å². The molecule has 2 nitrogen and oxygen atoms in total. The van der Waals surface area contributed by atoms with Crippen molar-refractivity contribution in [3.05, 3.63) is 48.0 Å². The maximum absolute atomic E-state index is 12.7. The van der Waals surface area contributed by atoms with Gasteiger partial charge in [0.05, 0.1) is 12.1 Å². The number of rotatable bonds is 4. The normalized spacial score (nSPS) is 10.3. The van der Waals surface area contributed by atoms with Crippen LogP contribution in [0.15, 0.2) is 36.9 Å². The van der Waals surface area contributed by atoms with Crippen molar-refractivity contribution in [2.24, 2.45) is 0 Å². The van der Waals surface area contributed by atoms with Crippen molar-refractivity contribution in [3.8, 4) is 11.8 Å². The first-order valence-electron chi connectivity index (χ1n) is 5.98. The van der Waals surface area contributed by atoms with Gasteiger partial charge < -0.3 is 5.32 Å². The van der Waals surface area contributed by atoms with Crippen LogP contribution in [0.2, 0.25) is 0 Å². The van der Waals surface area contributed by atoms with Crippen molar-refractivity contribution in [3.63, 3.8) is 0 Å². The van der Waals surface area contributed by atoms with Gasteiger partial charge in [-0.15, -0.1) is 6.58 Å². The number of hydrogen-bond acceptors (Lipinski definition) is 1. The van der Waals surface area contributed by atoms with Gasteiger partial charge in [-0.05, 0) is 18.6 Å². The van der Waals surface area contributed by atoms with Gasteiger partial charge in [-0.25, -0.2) is 0 Å². The average Bonchev–Trinajstić information content (AvgIpc) is 2.40. The molecular formula is C15H14F3NO. The summed E-state index contributed by atoms with van der Waals surface area (Å²) in [6.45, 7) is 3.50. The molecule has 0 aliphatic heterocycles. The van der Waals surface area contributed by atoms with Crippen LogP contribution in [0.4, 0.5) is 13.2 Å². The molecule has 0 saturated heterocycles. The number of hydrogen-bond donors (Lipinski definition) is 1. The zero-order valence-electron chi connectivity index (χ0n) is 10.8. The lowest BCUT2D eigenvalue weighted by Crippen LogP contribution is -2.22. The molecule has 0 spiro atoms. The minimum atomic E-state index is -4.43. The van der Waals surface area contributed by atoms with Gasteiger partial charge in [-0.2, -0.15) is 13.2 Å². The van der Waals surface area contributed by atoms with E-state index in [1.54, 1.807) is 6.08 Å². The van der Waals surface area contributed by atoms with Crippen LogP contribution in [0.5, 0.6) is 0 Å². The zero-order chi connectivity index (χ0) is 15.0. The Hall–Kier alpha value is -2.22. The summed E-state index contributed by atoms with van der Waals surface area (Å²) in [7, 11) is 0. The Morgan fingerprint density at radius 1 is 1.35 bits per heavy atom. The van der Waals surface area contributed by atoms with E-state index in [0.717, 1.165) is 6.07 Å². The fourth-order valence-corrected chi connectivity index (χ4v) is 1.44. The molecule has 0 saturated carbocycles. The molecule has 1 aromatic carbocycles. The van der Waals surface area contributed by atoms with Crippen molar-refractivity contribution in [1.82, 2.24) is 5.32 Å². The third kappa shape index (κ3) is 5.19. The van der Waals surface area contributed by atoms with Gasteiger partial charge in [-0.1, -0.05) is 30.0 Å². The summed E-state index contributed by atoms with van der Waals surface area (Å²) in [6, 6.07) is 5.08. The van der Waals surface area contributed by atoms with Crippen LogP contribution in [-0.4, -0.2) is 12.5 Å². The predicted octanol–water partition coefficient (Wildman–Crippen LogP) is 3.14. The highest BCUT2D eigenvalue weighted by molar-refractivity contribution is 5.76. The number of nitrogens with one attached hydrogen (secondary N) is 1. The van der Waals surface area contributed by atoms with Crippen LogP contribution in [0.25, 0.3) is 0 Å². The third-order valence-electron chi connectivity index (χ3n) is 2.40. The molecule has 0 aliphatic carbocycles. The molecular weight excluding hydrogens is 267 g/mol. The second kappa shape index (κ2) is 7.39. The maximum Gasteiger partial charge on any atom is 0.417 e. The molecule has 0 aliphatic rings. The Morgan fingerprint density at radius 3 is 2.70 bits per heavy atom. The highest BCUT2D eigenvalue weighted by Gasteiger charge is 2.32. The van der Waals surface area contributed by atoms with Crippen LogP contribution in [0, 0.1) is 11.8 Å². The fraction of sp³-hybridized carbons (Fsp3) is 0.267. The molecule has 0 radical (unpaired) electrons. The number of allylic oxidation sites excluding steroid dienone is 1. The maximum atomic E-state index is 12.7. The summed E-state index contributed by atoms with van der Waals surface area (Å²) in [5, 5.41) is 2.50. The highest BCUT2D eigenvalue weighted by atomic mass is 19.4. The summed E-state index contributed by atoms with van der Waals surface area (Å²) < 4.78 is 38.0. The van der Waals surface area contributed by atoms with E-state index in [-0.39, 0.29) is 18.0 Å². The Bertz CT molecular complexity index is 538. The summed E-state index contributed by atoms with van der Waals surface area (Å²) in [6.07, 6.45) is -1.97. The van der Waals surface area contributed by atoms with Gasteiger partial charge in [0.15, 0.2) is 0 Å². The lowest BCUT2D eigenvalue weighted by atomic mass is 10.1. The van der Waals surface area contributed by atoms with Crippen molar-refractivity contribution in [1.29, 1.82) is 0 Å². The molecule has 1 N–H and O–H groups in total. The van der Waals surface area contributed by atoms with E-state index >= 15 is 0 Å². The number of amides is 1. The van der Waals surface area contributed by atoms with Gasteiger partial charge in [0.1, 0.15) is 0 Å². The molecule has 1 aromatic rings. The van der Waals surface area contributed by atoms with E-state index < -0.39 is 11.7 Å². The summed E-state index contributed by atoms with van der Waals surface area (Å²) in [5.74, 6) is 4.73. The van der Waals surface area contributed by atoms with Gasteiger partial charge >= 0.3 is 6.18 Å². The number of benzene rings is 1. The van der Waals surface area contributed by atoms with Crippen LogP contribution in [-0.2, 0) is 11.0 Å². The lowest BCUT2D eigenvalue weighted by Gasteiger charge is -2.08.